The summed E-state index contributed by atoms with van der Waals surface area (Å²) in [5.74, 6) is -0.359. The topological polar surface area (TPSA) is 130 Å². The number of hydrogen-bond acceptors (Lipinski definition) is 8. The third kappa shape index (κ3) is 6.82. The molecule has 1 N–H and O–H groups in total. The van der Waals surface area contributed by atoms with E-state index >= 15 is 0 Å². The van der Waals surface area contributed by atoms with Crippen molar-refractivity contribution in [3.63, 3.8) is 0 Å². The number of benzene rings is 2. The number of methoxy groups -OCH3 is 1. The second-order valence-corrected chi connectivity index (χ2v) is 13.0. The number of fused-ring (bicyclic) bond motifs is 1. The number of rotatable bonds is 9. The van der Waals surface area contributed by atoms with Crippen LogP contribution < -0.4 is 9.47 Å². The number of likely N-dealkylation sites (N-methyl/N-ethyl adjacent to an activating group) is 1. The molecule has 43 heavy (non-hydrogen) atoms. The van der Waals surface area contributed by atoms with E-state index in [-0.39, 0.29) is 53.8 Å². The van der Waals surface area contributed by atoms with Crippen LogP contribution in [0.25, 0.3) is 11.1 Å². The SMILES string of the molecule is COc1cccc(S(=O)(=O)N(C)C[C@H]2Oc3ncc(-c4cccc(C(=O)N(C)C)c4)cc3C(=O)N([C@H](C)CO)C[C@@H]2C)c1. The molecule has 2 heterocycles. The average Bonchev–Trinajstić information content (AvgIpc) is 3.01. The summed E-state index contributed by atoms with van der Waals surface area (Å²) in [7, 11) is 2.39. The minimum absolute atomic E-state index is 0.0200. The van der Waals surface area contributed by atoms with Gasteiger partial charge in [0, 0.05) is 57.0 Å². The second kappa shape index (κ2) is 13.1. The van der Waals surface area contributed by atoms with Gasteiger partial charge in [0.25, 0.3) is 11.8 Å². The molecule has 12 heteroatoms. The first-order valence-corrected chi connectivity index (χ1v) is 15.3. The van der Waals surface area contributed by atoms with Crippen LogP contribution in [-0.4, -0.2) is 105 Å². The predicted octanol–water partition coefficient (Wildman–Crippen LogP) is 3.00. The molecule has 3 aromatic rings. The second-order valence-electron chi connectivity index (χ2n) is 10.9. The largest absolute Gasteiger partial charge is 0.497 e. The molecule has 4 rings (SSSR count). The molecular formula is C31H38N4O7S. The number of hydrogen-bond donors (Lipinski definition) is 1. The van der Waals surface area contributed by atoms with Crippen LogP contribution in [0.15, 0.2) is 65.7 Å². The van der Waals surface area contributed by atoms with Crippen molar-refractivity contribution in [3.8, 4) is 22.8 Å². The Labute approximate surface area is 252 Å². The lowest BCUT2D eigenvalue weighted by Crippen LogP contribution is -2.50. The summed E-state index contributed by atoms with van der Waals surface area (Å²) >= 11 is 0. The third-order valence-electron chi connectivity index (χ3n) is 7.56. The van der Waals surface area contributed by atoms with Gasteiger partial charge >= 0.3 is 0 Å². The van der Waals surface area contributed by atoms with E-state index in [1.165, 1.54) is 35.5 Å². The summed E-state index contributed by atoms with van der Waals surface area (Å²) in [6.45, 7) is 3.55. The number of aromatic nitrogens is 1. The normalized spacial score (nSPS) is 17.9. The van der Waals surface area contributed by atoms with Gasteiger partial charge in [0.15, 0.2) is 0 Å². The van der Waals surface area contributed by atoms with Gasteiger partial charge < -0.3 is 24.4 Å². The van der Waals surface area contributed by atoms with Crippen LogP contribution in [0, 0.1) is 5.92 Å². The van der Waals surface area contributed by atoms with Crippen LogP contribution in [0.4, 0.5) is 0 Å². The predicted molar refractivity (Wildman–Crippen MR) is 162 cm³/mol. The zero-order valence-corrected chi connectivity index (χ0v) is 26.0. The summed E-state index contributed by atoms with van der Waals surface area (Å²) in [4.78, 5) is 34.0. The monoisotopic (exact) mass is 610 g/mol. The van der Waals surface area contributed by atoms with E-state index in [1.54, 1.807) is 68.5 Å². The first kappa shape index (κ1) is 31.9. The molecule has 1 aromatic heterocycles. The van der Waals surface area contributed by atoms with Gasteiger partial charge in [0.2, 0.25) is 15.9 Å². The van der Waals surface area contributed by atoms with Gasteiger partial charge in [-0.2, -0.15) is 4.31 Å². The number of sulfonamides is 1. The Hall–Kier alpha value is -4.00. The van der Waals surface area contributed by atoms with Gasteiger partial charge in [-0.1, -0.05) is 25.1 Å². The van der Waals surface area contributed by atoms with E-state index in [4.69, 9.17) is 9.47 Å². The molecule has 0 spiro atoms. The molecule has 0 fully saturated rings. The molecular weight excluding hydrogens is 572 g/mol. The molecule has 3 atom stereocenters. The molecule has 0 saturated heterocycles. The summed E-state index contributed by atoms with van der Waals surface area (Å²) in [5.41, 5.74) is 1.95. The first-order chi connectivity index (χ1) is 20.4. The van der Waals surface area contributed by atoms with Gasteiger partial charge in [-0.25, -0.2) is 13.4 Å². The molecule has 11 nitrogen and oxygen atoms in total. The third-order valence-corrected chi connectivity index (χ3v) is 9.38. The standard InChI is InChI=1S/C31H38N4O7S/c1-20-17-35(21(2)19-36)31(38)27-14-24(22-9-7-10-23(13-22)30(37)33(3)4)16-32-29(27)42-28(20)18-34(5)43(39,40)26-12-8-11-25(15-26)41-6/h7-16,20-21,28,36H,17-19H2,1-6H3/t20-,21+,28+/m0/s1. The lowest BCUT2D eigenvalue weighted by Gasteiger charge is -2.37. The Morgan fingerprint density at radius 1 is 1.14 bits per heavy atom. The highest BCUT2D eigenvalue weighted by molar-refractivity contribution is 7.89. The van der Waals surface area contributed by atoms with Crippen molar-refractivity contribution in [2.45, 2.75) is 30.9 Å². The highest BCUT2D eigenvalue weighted by atomic mass is 32.2. The molecule has 0 radical (unpaired) electrons. The summed E-state index contributed by atoms with van der Waals surface area (Å²) < 4.78 is 39.6. The van der Waals surface area contributed by atoms with Gasteiger partial charge in [-0.05, 0) is 42.8 Å². The number of amides is 2. The van der Waals surface area contributed by atoms with Gasteiger partial charge in [-0.15, -0.1) is 0 Å². The van der Waals surface area contributed by atoms with E-state index in [2.05, 4.69) is 4.98 Å². The van der Waals surface area contributed by atoms with Crippen molar-refractivity contribution >= 4 is 21.8 Å². The molecule has 0 aliphatic carbocycles. The smallest absolute Gasteiger partial charge is 0.259 e. The molecule has 0 saturated carbocycles. The number of carbonyl (C=O) groups is 2. The van der Waals surface area contributed by atoms with Crippen molar-refractivity contribution in [1.29, 1.82) is 0 Å². The molecule has 2 aromatic carbocycles. The fraction of sp³-hybridized carbons (Fsp3) is 0.387. The zero-order valence-electron chi connectivity index (χ0n) is 25.2. The van der Waals surface area contributed by atoms with Crippen molar-refractivity contribution < 1.29 is 32.6 Å². The first-order valence-electron chi connectivity index (χ1n) is 13.9. The lowest BCUT2D eigenvalue weighted by atomic mass is 9.99. The molecule has 0 unspecified atom stereocenters. The van der Waals surface area contributed by atoms with Crippen LogP contribution in [0.2, 0.25) is 0 Å². The minimum Gasteiger partial charge on any atom is -0.497 e. The summed E-state index contributed by atoms with van der Waals surface area (Å²) in [6.07, 6.45) is 0.885. The highest BCUT2D eigenvalue weighted by Crippen LogP contribution is 2.31. The van der Waals surface area contributed by atoms with Crippen molar-refractivity contribution in [3.05, 3.63) is 71.9 Å². The van der Waals surface area contributed by atoms with E-state index in [9.17, 15) is 23.1 Å². The number of ether oxygens (including phenoxy) is 2. The van der Waals surface area contributed by atoms with Crippen LogP contribution >= 0.6 is 0 Å². The number of pyridine rings is 1. The molecule has 1 aliphatic rings. The van der Waals surface area contributed by atoms with E-state index in [0.717, 1.165) is 0 Å². The molecule has 1 aliphatic heterocycles. The zero-order chi connectivity index (χ0) is 31.5. The lowest BCUT2D eigenvalue weighted by molar-refractivity contribution is 0.0373. The van der Waals surface area contributed by atoms with Crippen LogP contribution in [0.5, 0.6) is 11.6 Å². The Morgan fingerprint density at radius 2 is 1.86 bits per heavy atom. The maximum Gasteiger partial charge on any atom is 0.259 e. The quantitative estimate of drug-likeness (QED) is 0.392. The fourth-order valence-electron chi connectivity index (χ4n) is 4.86. The highest BCUT2D eigenvalue weighted by Gasteiger charge is 2.36. The molecule has 0 bridgehead atoms. The van der Waals surface area contributed by atoms with Gasteiger partial charge in [-0.3, -0.25) is 9.59 Å². The van der Waals surface area contributed by atoms with E-state index < -0.39 is 22.2 Å². The number of carbonyl (C=O) groups excluding carboxylic acids is 2. The van der Waals surface area contributed by atoms with Gasteiger partial charge in [0.1, 0.15) is 17.4 Å². The molecule has 2 amide bonds. The van der Waals surface area contributed by atoms with Crippen LogP contribution in [-0.2, 0) is 10.0 Å². The Balaban J connectivity index is 1.72. The van der Waals surface area contributed by atoms with Crippen LogP contribution in [0.3, 0.4) is 0 Å². The number of aliphatic hydroxyl groups is 1. The summed E-state index contributed by atoms with van der Waals surface area (Å²) in [6, 6.07) is 14.4. The Kier molecular flexibility index (Phi) is 9.73. The maximum absolute atomic E-state index is 13.8. The maximum atomic E-state index is 13.8. The minimum atomic E-state index is -3.90. The van der Waals surface area contributed by atoms with Crippen LogP contribution in [0.1, 0.15) is 34.6 Å². The average molecular weight is 611 g/mol. The summed E-state index contributed by atoms with van der Waals surface area (Å²) in [5, 5.41) is 9.97. The Morgan fingerprint density at radius 3 is 2.53 bits per heavy atom. The van der Waals surface area contributed by atoms with E-state index in [1.807, 2.05) is 13.0 Å². The van der Waals surface area contributed by atoms with Gasteiger partial charge in [0.05, 0.1) is 31.2 Å². The van der Waals surface area contributed by atoms with Crippen molar-refractivity contribution in [2.24, 2.45) is 5.92 Å². The molecule has 230 valence electrons. The number of nitrogens with zero attached hydrogens (tertiary/aromatic N) is 4. The van der Waals surface area contributed by atoms with Crippen molar-refractivity contribution in [1.82, 2.24) is 19.1 Å². The number of aliphatic hydroxyl groups excluding tert-OH is 1. The van der Waals surface area contributed by atoms with Crippen molar-refractivity contribution in [2.75, 3.05) is 47.9 Å². The fourth-order valence-corrected chi connectivity index (χ4v) is 6.08. The Bertz CT molecular complexity index is 1590. The van der Waals surface area contributed by atoms with E-state index in [0.29, 0.717) is 22.4 Å².